The van der Waals surface area contributed by atoms with E-state index in [-0.39, 0.29) is 5.57 Å². The highest BCUT2D eigenvalue weighted by atomic mass is 32.1. The lowest BCUT2D eigenvalue weighted by molar-refractivity contribution is -0.132. The van der Waals surface area contributed by atoms with Crippen LogP contribution in [0.5, 0.6) is 0 Å². The molecule has 0 aliphatic heterocycles. The highest BCUT2D eigenvalue weighted by Crippen LogP contribution is 2.50. The van der Waals surface area contributed by atoms with Crippen LogP contribution in [0.3, 0.4) is 0 Å². The zero-order chi connectivity index (χ0) is 42.6. The Balaban J connectivity index is 1.28. The molecule has 1 N–H and O–H groups in total. The third-order valence-electron chi connectivity index (χ3n) is 12.5. The Labute approximate surface area is 375 Å². The summed E-state index contributed by atoms with van der Waals surface area (Å²) in [5.74, 6) is -0.0197. The van der Waals surface area contributed by atoms with Gasteiger partial charge in [0.1, 0.15) is 22.7 Å². The minimum absolute atomic E-state index is 0.233. The van der Waals surface area contributed by atoms with Crippen molar-refractivity contribution in [1.82, 2.24) is 19.6 Å². The fraction of sp³-hybridized carbons (Fsp3) is 0.440. The number of carboxylic acids is 1. The van der Waals surface area contributed by atoms with Crippen LogP contribution in [0.4, 0.5) is 0 Å². The van der Waals surface area contributed by atoms with Gasteiger partial charge in [-0.1, -0.05) is 111 Å². The van der Waals surface area contributed by atoms with Crippen LogP contribution in [0, 0.1) is 23.2 Å². The largest absolute Gasteiger partial charge is 0.477 e. The number of hydrogen-bond acceptors (Lipinski definition) is 8. The molecule has 6 aromatic heterocycles. The fourth-order valence-electron chi connectivity index (χ4n) is 8.85. The minimum Gasteiger partial charge on any atom is -0.477 e. The molecule has 7 nitrogen and oxygen atoms in total. The van der Waals surface area contributed by atoms with Crippen molar-refractivity contribution in [3.8, 4) is 25.6 Å². The van der Waals surface area contributed by atoms with Crippen molar-refractivity contribution in [3.63, 3.8) is 0 Å². The van der Waals surface area contributed by atoms with Crippen LogP contribution in [0.25, 0.3) is 77.9 Å². The highest BCUT2D eigenvalue weighted by molar-refractivity contribution is 7.33. The molecule has 2 aromatic carbocycles. The van der Waals surface area contributed by atoms with Gasteiger partial charge >= 0.3 is 5.97 Å². The number of carbonyl (C=O) groups is 1. The van der Waals surface area contributed by atoms with E-state index in [1.165, 1.54) is 91.6 Å². The van der Waals surface area contributed by atoms with Gasteiger partial charge in [0.2, 0.25) is 0 Å². The molecule has 8 aromatic rings. The van der Waals surface area contributed by atoms with E-state index in [9.17, 15) is 15.2 Å². The van der Waals surface area contributed by atoms with Crippen LogP contribution in [0.15, 0.2) is 54.1 Å². The number of para-hydroxylation sites is 1. The molecule has 318 valence electrons. The maximum atomic E-state index is 11.9. The Hall–Kier alpha value is -4.34. The molecule has 0 aliphatic carbocycles. The van der Waals surface area contributed by atoms with Gasteiger partial charge in [0.15, 0.2) is 0 Å². The van der Waals surface area contributed by atoms with Crippen molar-refractivity contribution in [2.24, 2.45) is 11.8 Å². The second-order valence-electron chi connectivity index (χ2n) is 16.7. The number of aryl methyl sites for hydroxylation is 1. The lowest BCUT2D eigenvalue weighted by Crippen LogP contribution is -2.12. The van der Waals surface area contributed by atoms with Crippen LogP contribution in [0.2, 0.25) is 0 Å². The Kier molecular flexibility index (Phi) is 13.8. The zero-order valence-corrected chi connectivity index (χ0v) is 39.4. The number of nitrogens with zero attached hydrogens (tertiary/aromatic N) is 5. The van der Waals surface area contributed by atoms with E-state index in [1.54, 1.807) is 28.7 Å². The zero-order valence-electron chi connectivity index (χ0n) is 36.2. The summed E-state index contributed by atoms with van der Waals surface area (Å²) in [5, 5.41) is 33.6. The van der Waals surface area contributed by atoms with Crippen LogP contribution in [0.1, 0.15) is 122 Å². The van der Waals surface area contributed by atoms with Crippen molar-refractivity contribution < 1.29 is 9.90 Å². The van der Waals surface area contributed by atoms with Crippen LogP contribution in [-0.2, 0) is 24.3 Å². The number of aliphatic carboxylic acids is 1. The first kappa shape index (κ1) is 43.3. The van der Waals surface area contributed by atoms with Crippen molar-refractivity contribution in [2.45, 2.75) is 131 Å². The highest BCUT2D eigenvalue weighted by Gasteiger charge is 2.24. The number of thiophene rings is 4. The number of carboxylic acid groups (broad SMARTS) is 1. The standard InChI is InChI=1S/C50H57N5O2S4/c1-6-11-14-15-20-33-23-41(58-40(33)24-34(28-51)50(56)57)42-25-36-45-46(53-55(52-45)30-32(10-5)19-13-8-3)37-26-43(61-49(37)48(36)60-42)44-27-39-47(59-44)35-21-16-17-22-38(35)54(39)29-31(9-4)18-12-7-2/h16-17,21-27,31-32H,6-15,18-20,29-30H2,1-5H3,(H,56,57)/b34-24-. The third kappa shape index (κ3) is 8.84. The number of unbranched alkanes of at least 4 members (excludes halogenated alkanes) is 5. The molecule has 0 saturated heterocycles. The Morgan fingerprint density at radius 2 is 1.30 bits per heavy atom. The van der Waals surface area contributed by atoms with Gasteiger partial charge in [0, 0.05) is 52.6 Å². The lowest BCUT2D eigenvalue weighted by atomic mass is 9.99. The van der Waals surface area contributed by atoms with E-state index >= 15 is 0 Å². The topological polar surface area (TPSA) is 96.7 Å². The molecule has 2 unspecified atom stereocenters. The summed E-state index contributed by atoms with van der Waals surface area (Å²) in [7, 11) is 0. The summed E-state index contributed by atoms with van der Waals surface area (Å²) in [4.78, 5) is 19.5. The molecular formula is C50H57N5O2S4. The average Bonchev–Trinajstić information content (AvgIpc) is 4.12. The lowest BCUT2D eigenvalue weighted by Gasteiger charge is -2.17. The fourth-order valence-corrected chi connectivity index (χ4v) is 13.8. The molecule has 0 fully saturated rings. The molecular weight excluding hydrogens is 831 g/mol. The predicted molar refractivity (Wildman–Crippen MR) is 264 cm³/mol. The molecule has 2 atom stereocenters. The second kappa shape index (κ2) is 19.4. The maximum absolute atomic E-state index is 11.9. The van der Waals surface area contributed by atoms with Gasteiger partial charge < -0.3 is 9.67 Å². The summed E-state index contributed by atoms with van der Waals surface area (Å²) in [6.07, 6.45) is 16.5. The Bertz CT molecular complexity index is 2890. The summed E-state index contributed by atoms with van der Waals surface area (Å²) < 4.78 is 6.41. The molecule has 6 heterocycles. The number of aromatic nitrogens is 4. The van der Waals surface area contributed by atoms with Gasteiger partial charge in [-0.3, -0.25) is 0 Å². The van der Waals surface area contributed by atoms with Crippen molar-refractivity contribution in [1.29, 1.82) is 5.26 Å². The molecule has 0 aliphatic rings. The first-order chi connectivity index (χ1) is 29.8. The quantitative estimate of drug-likeness (QED) is 0.0440. The molecule has 0 radical (unpaired) electrons. The number of fused-ring (bicyclic) bond motifs is 9. The first-order valence-corrected chi connectivity index (χ1v) is 25.8. The number of nitriles is 1. The summed E-state index contributed by atoms with van der Waals surface area (Å²) in [5.41, 5.74) is 5.45. The predicted octanol–water partition coefficient (Wildman–Crippen LogP) is 16.0. The van der Waals surface area contributed by atoms with Gasteiger partial charge in [0.05, 0.1) is 26.2 Å². The van der Waals surface area contributed by atoms with Gasteiger partial charge in [-0.2, -0.15) is 20.3 Å². The Morgan fingerprint density at radius 3 is 1.90 bits per heavy atom. The monoisotopic (exact) mass is 887 g/mol. The van der Waals surface area contributed by atoms with E-state index in [0.717, 1.165) is 87.2 Å². The third-order valence-corrected chi connectivity index (χ3v) is 17.6. The van der Waals surface area contributed by atoms with Crippen LogP contribution in [-0.4, -0.2) is 30.6 Å². The number of hydrogen-bond donors (Lipinski definition) is 1. The molecule has 61 heavy (non-hydrogen) atoms. The molecule has 11 heteroatoms. The molecule has 0 saturated carbocycles. The number of benzene rings is 2. The number of rotatable bonds is 21. The van der Waals surface area contributed by atoms with Crippen molar-refractivity contribution in [2.75, 3.05) is 0 Å². The summed E-state index contributed by atoms with van der Waals surface area (Å²) in [6.45, 7) is 13.2. The second-order valence-corrected chi connectivity index (χ2v) is 21.0. The Morgan fingerprint density at radius 1 is 0.705 bits per heavy atom. The van der Waals surface area contributed by atoms with Crippen LogP contribution >= 0.6 is 45.3 Å². The molecule has 8 rings (SSSR count). The normalized spacial score (nSPS) is 13.4. The van der Waals surface area contributed by atoms with Crippen LogP contribution < -0.4 is 0 Å². The van der Waals surface area contributed by atoms with Gasteiger partial charge in [-0.05, 0) is 79.5 Å². The van der Waals surface area contributed by atoms with Gasteiger partial charge in [-0.15, -0.1) is 45.3 Å². The van der Waals surface area contributed by atoms with Crippen molar-refractivity contribution in [3.05, 3.63) is 64.5 Å². The maximum Gasteiger partial charge on any atom is 0.346 e. The smallest absolute Gasteiger partial charge is 0.346 e. The SMILES string of the molecule is CCCCCCc1cc(-c2cc3c4nn(CC(CC)CCCC)nc4c4cc(-c5cc6c(s5)c5ccccc5n6CC(CC)CCCC)sc4c3s2)sc1/C=C(/C#N)C(=O)O. The molecule has 0 amide bonds. The van der Waals surface area contributed by atoms with E-state index in [0.29, 0.717) is 11.8 Å². The van der Waals surface area contributed by atoms with E-state index in [2.05, 4.69) is 87.7 Å². The molecule has 0 bridgehead atoms. The van der Waals surface area contributed by atoms with E-state index in [4.69, 9.17) is 10.2 Å². The minimum atomic E-state index is -1.19. The first-order valence-electron chi connectivity index (χ1n) is 22.5. The van der Waals surface area contributed by atoms with E-state index < -0.39 is 5.97 Å². The summed E-state index contributed by atoms with van der Waals surface area (Å²) in [6, 6.07) is 20.2. The average molecular weight is 888 g/mol. The van der Waals surface area contributed by atoms with Crippen molar-refractivity contribution >= 4 is 110 Å². The van der Waals surface area contributed by atoms with E-state index in [1.807, 2.05) is 33.5 Å². The summed E-state index contributed by atoms with van der Waals surface area (Å²) >= 11 is 7.16. The van der Waals surface area contributed by atoms with Gasteiger partial charge in [0.25, 0.3) is 0 Å². The van der Waals surface area contributed by atoms with Gasteiger partial charge in [-0.25, -0.2) is 4.79 Å². The molecule has 0 spiro atoms.